The highest BCUT2D eigenvalue weighted by Gasteiger charge is 2.04. The zero-order chi connectivity index (χ0) is 12.9. The molecular weight excluding hydrogens is 214 g/mol. The highest BCUT2D eigenvalue weighted by molar-refractivity contribution is 4.58. The third kappa shape index (κ3) is 10.7. The standard InChI is InChI=1S/C14H31NO2/c1-4-15(5-2)12-8-6-7-10-14(16)11-9-13-17-3/h14,16H,4-13H2,1-3H3/t14-/m0/s1. The van der Waals surface area contributed by atoms with Gasteiger partial charge in [-0.3, -0.25) is 0 Å². The molecule has 1 N–H and O–H groups in total. The Kier molecular flexibility index (Phi) is 12.3. The van der Waals surface area contributed by atoms with Crippen LogP contribution in [0.25, 0.3) is 0 Å². The zero-order valence-corrected chi connectivity index (χ0v) is 12.0. The number of nitrogens with zero attached hydrogens (tertiary/aromatic N) is 1. The minimum atomic E-state index is -0.126. The minimum absolute atomic E-state index is 0.126. The van der Waals surface area contributed by atoms with Crippen molar-refractivity contribution in [2.75, 3.05) is 33.4 Å². The molecular formula is C14H31NO2. The van der Waals surface area contributed by atoms with Crippen molar-refractivity contribution in [3.8, 4) is 0 Å². The molecule has 0 aliphatic heterocycles. The maximum atomic E-state index is 9.71. The highest BCUT2D eigenvalue weighted by atomic mass is 16.5. The summed E-state index contributed by atoms with van der Waals surface area (Å²) in [6.07, 6.45) is 6.31. The second kappa shape index (κ2) is 12.3. The van der Waals surface area contributed by atoms with E-state index in [1.165, 1.54) is 19.4 Å². The largest absolute Gasteiger partial charge is 0.393 e. The molecule has 0 fully saturated rings. The monoisotopic (exact) mass is 245 g/mol. The van der Waals surface area contributed by atoms with Crippen molar-refractivity contribution < 1.29 is 9.84 Å². The molecule has 0 radical (unpaired) electrons. The van der Waals surface area contributed by atoms with Gasteiger partial charge in [-0.25, -0.2) is 0 Å². The van der Waals surface area contributed by atoms with Gasteiger partial charge < -0.3 is 14.7 Å². The normalized spacial score (nSPS) is 13.2. The first-order chi connectivity index (χ1) is 8.24. The van der Waals surface area contributed by atoms with Gasteiger partial charge in [0.1, 0.15) is 0 Å². The molecule has 104 valence electrons. The van der Waals surface area contributed by atoms with Crippen LogP contribution < -0.4 is 0 Å². The predicted molar refractivity (Wildman–Crippen MR) is 73.4 cm³/mol. The summed E-state index contributed by atoms with van der Waals surface area (Å²) >= 11 is 0. The van der Waals surface area contributed by atoms with Crippen molar-refractivity contribution >= 4 is 0 Å². The number of methoxy groups -OCH3 is 1. The molecule has 0 aromatic rings. The van der Waals surface area contributed by atoms with E-state index < -0.39 is 0 Å². The number of ether oxygens (including phenoxy) is 1. The van der Waals surface area contributed by atoms with Crippen molar-refractivity contribution in [2.45, 2.75) is 58.5 Å². The first-order valence-corrected chi connectivity index (χ1v) is 7.13. The van der Waals surface area contributed by atoms with Crippen LogP contribution in [0, 0.1) is 0 Å². The van der Waals surface area contributed by atoms with E-state index in [0.717, 1.165) is 45.4 Å². The maximum absolute atomic E-state index is 9.71. The van der Waals surface area contributed by atoms with Gasteiger partial charge in [0, 0.05) is 13.7 Å². The van der Waals surface area contributed by atoms with Crippen molar-refractivity contribution in [3.63, 3.8) is 0 Å². The van der Waals surface area contributed by atoms with E-state index in [-0.39, 0.29) is 6.10 Å². The fraction of sp³-hybridized carbons (Fsp3) is 1.00. The van der Waals surface area contributed by atoms with Gasteiger partial charge in [-0.05, 0) is 45.3 Å². The van der Waals surface area contributed by atoms with Crippen molar-refractivity contribution in [1.82, 2.24) is 4.90 Å². The van der Waals surface area contributed by atoms with Crippen LogP contribution in [0.2, 0.25) is 0 Å². The number of aliphatic hydroxyl groups is 1. The van der Waals surface area contributed by atoms with Crippen LogP contribution in [-0.2, 0) is 4.74 Å². The molecule has 3 nitrogen and oxygen atoms in total. The molecule has 0 amide bonds. The summed E-state index contributed by atoms with van der Waals surface area (Å²) in [4.78, 5) is 2.45. The van der Waals surface area contributed by atoms with Gasteiger partial charge in [0.25, 0.3) is 0 Å². The molecule has 0 heterocycles. The summed E-state index contributed by atoms with van der Waals surface area (Å²) in [5.74, 6) is 0. The van der Waals surface area contributed by atoms with Crippen LogP contribution in [-0.4, -0.2) is 49.5 Å². The Bertz CT molecular complexity index is 149. The van der Waals surface area contributed by atoms with Crippen LogP contribution in [0.15, 0.2) is 0 Å². The lowest BCUT2D eigenvalue weighted by Crippen LogP contribution is -2.23. The smallest absolute Gasteiger partial charge is 0.0541 e. The average Bonchev–Trinajstić information content (AvgIpc) is 2.34. The Labute approximate surface area is 107 Å². The Morgan fingerprint density at radius 3 is 2.24 bits per heavy atom. The minimum Gasteiger partial charge on any atom is -0.393 e. The van der Waals surface area contributed by atoms with E-state index >= 15 is 0 Å². The lowest BCUT2D eigenvalue weighted by atomic mass is 10.1. The SMILES string of the molecule is CCN(CC)CCCCC[C@H](O)CCCOC. The third-order valence-corrected chi connectivity index (χ3v) is 3.29. The maximum Gasteiger partial charge on any atom is 0.0541 e. The molecule has 3 heteroatoms. The van der Waals surface area contributed by atoms with Crippen LogP contribution in [0.3, 0.4) is 0 Å². The predicted octanol–water partition coefficient (Wildman–Crippen LogP) is 2.68. The van der Waals surface area contributed by atoms with Crippen molar-refractivity contribution in [3.05, 3.63) is 0 Å². The Hall–Kier alpha value is -0.120. The van der Waals surface area contributed by atoms with Gasteiger partial charge in [0.15, 0.2) is 0 Å². The van der Waals surface area contributed by atoms with Crippen molar-refractivity contribution in [1.29, 1.82) is 0 Å². The summed E-state index contributed by atoms with van der Waals surface area (Å²) in [5.41, 5.74) is 0. The average molecular weight is 245 g/mol. The molecule has 0 aromatic heterocycles. The van der Waals surface area contributed by atoms with E-state index in [0.29, 0.717) is 0 Å². The Balaban J connectivity index is 3.26. The Morgan fingerprint density at radius 1 is 1.00 bits per heavy atom. The summed E-state index contributed by atoms with van der Waals surface area (Å²) in [5, 5.41) is 9.71. The van der Waals surface area contributed by atoms with Crippen LogP contribution >= 0.6 is 0 Å². The van der Waals surface area contributed by atoms with E-state index in [9.17, 15) is 5.11 Å². The summed E-state index contributed by atoms with van der Waals surface area (Å²) in [6.45, 7) is 8.68. The first-order valence-electron chi connectivity index (χ1n) is 7.13. The lowest BCUT2D eigenvalue weighted by molar-refractivity contribution is 0.126. The first kappa shape index (κ1) is 16.9. The zero-order valence-electron chi connectivity index (χ0n) is 12.0. The van der Waals surface area contributed by atoms with E-state index in [1.54, 1.807) is 7.11 Å². The molecule has 0 aliphatic carbocycles. The molecule has 0 spiro atoms. The molecule has 17 heavy (non-hydrogen) atoms. The second-order valence-corrected chi connectivity index (χ2v) is 4.67. The summed E-state index contributed by atoms with van der Waals surface area (Å²) in [7, 11) is 1.71. The fourth-order valence-corrected chi connectivity index (χ4v) is 2.04. The van der Waals surface area contributed by atoms with Gasteiger partial charge in [-0.1, -0.05) is 26.7 Å². The molecule has 0 rings (SSSR count). The molecule has 0 saturated carbocycles. The molecule has 0 unspecified atom stereocenters. The van der Waals surface area contributed by atoms with E-state index in [2.05, 4.69) is 18.7 Å². The second-order valence-electron chi connectivity index (χ2n) is 4.67. The summed E-state index contributed by atoms with van der Waals surface area (Å²) < 4.78 is 4.97. The summed E-state index contributed by atoms with van der Waals surface area (Å²) in [6, 6.07) is 0. The van der Waals surface area contributed by atoms with Crippen LogP contribution in [0.1, 0.15) is 52.4 Å². The van der Waals surface area contributed by atoms with Crippen LogP contribution in [0.5, 0.6) is 0 Å². The van der Waals surface area contributed by atoms with Crippen molar-refractivity contribution in [2.24, 2.45) is 0 Å². The molecule has 0 bridgehead atoms. The number of rotatable bonds is 12. The Morgan fingerprint density at radius 2 is 1.65 bits per heavy atom. The lowest BCUT2D eigenvalue weighted by Gasteiger charge is -2.17. The molecule has 0 aromatic carbocycles. The number of hydrogen-bond acceptors (Lipinski definition) is 3. The quantitative estimate of drug-likeness (QED) is 0.537. The molecule has 1 atom stereocenters. The van der Waals surface area contributed by atoms with Gasteiger partial charge >= 0.3 is 0 Å². The fourth-order valence-electron chi connectivity index (χ4n) is 2.04. The highest BCUT2D eigenvalue weighted by Crippen LogP contribution is 2.09. The molecule has 0 aliphatic rings. The topological polar surface area (TPSA) is 32.7 Å². The van der Waals surface area contributed by atoms with Crippen LogP contribution in [0.4, 0.5) is 0 Å². The number of hydrogen-bond donors (Lipinski definition) is 1. The van der Waals surface area contributed by atoms with Gasteiger partial charge in [0.2, 0.25) is 0 Å². The van der Waals surface area contributed by atoms with E-state index in [4.69, 9.17) is 4.74 Å². The number of aliphatic hydroxyl groups excluding tert-OH is 1. The van der Waals surface area contributed by atoms with Gasteiger partial charge in [0.05, 0.1) is 6.10 Å². The molecule has 0 saturated heterocycles. The third-order valence-electron chi connectivity index (χ3n) is 3.29. The van der Waals surface area contributed by atoms with Gasteiger partial charge in [-0.15, -0.1) is 0 Å². The number of unbranched alkanes of at least 4 members (excludes halogenated alkanes) is 2. The van der Waals surface area contributed by atoms with E-state index in [1.807, 2.05) is 0 Å². The van der Waals surface area contributed by atoms with Gasteiger partial charge in [-0.2, -0.15) is 0 Å².